The second kappa shape index (κ2) is 3.74. The van der Waals surface area contributed by atoms with Gasteiger partial charge < -0.3 is 5.73 Å². The second-order valence-electron chi connectivity index (χ2n) is 2.57. The highest BCUT2D eigenvalue weighted by Crippen LogP contribution is 2.28. The normalized spacial score (nSPS) is 11.7. The second-order valence-corrected chi connectivity index (χ2v) is 2.57. The fourth-order valence-electron chi connectivity index (χ4n) is 0.939. The van der Waals surface area contributed by atoms with E-state index < -0.39 is 11.7 Å². The van der Waals surface area contributed by atoms with E-state index in [1.807, 2.05) is 0 Å². The van der Waals surface area contributed by atoms with Crippen LogP contribution in [0.4, 0.5) is 13.2 Å². The van der Waals surface area contributed by atoms with Crippen molar-refractivity contribution in [2.45, 2.75) is 12.6 Å². The lowest BCUT2D eigenvalue weighted by atomic mass is 10.2. The van der Waals surface area contributed by atoms with Gasteiger partial charge in [-0.1, -0.05) is 0 Å². The molecule has 13 heavy (non-hydrogen) atoms. The molecule has 0 amide bonds. The number of alkyl halides is 3. The Bertz CT molecular complexity index is 283. The van der Waals surface area contributed by atoms with E-state index >= 15 is 0 Å². The third-order valence-corrected chi connectivity index (χ3v) is 1.54. The van der Waals surface area contributed by atoms with E-state index in [0.717, 1.165) is 18.3 Å². The number of nitrogens with two attached hydrogens (primary N) is 1. The summed E-state index contributed by atoms with van der Waals surface area (Å²) in [5.41, 5.74) is 4.90. The molecule has 0 aliphatic carbocycles. The molecule has 2 N–H and O–H groups in total. The van der Waals surface area contributed by atoms with Crippen LogP contribution in [0.1, 0.15) is 11.3 Å². The van der Waals surface area contributed by atoms with Crippen molar-refractivity contribution in [2.75, 3.05) is 6.54 Å². The van der Waals surface area contributed by atoms with E-state index in [0.29, 0.717) is 18.7 Å². The van der Waals surface area contributed by atoms with Gasteiger partial charge in [0.25, 0.3) is 0 Å². The summed E-state index contributed by atoms with van der Waals surface area (Å²) in [6, 6.07) is 1.97. The predicted molar refractivity (Wildman–Crippen MR) is 42.0 cm³/mol. The molecule has 1 heterocycles. The largest absolute Gasteiger partial charge is 0.416 e. The van der Waals surface area contributed by atoms with Crippen molar-refractivity contribution in [1.29, 1.82) is 0 Å². The molecule has 72 valence electrons. The van der Waals surface area contributed by atoms with E-state index in [4.69, 9.17) is 5.73 Å². The van der Waals surface area contributed by atoms with Gasteiger partial charge in [0, 0.05) is 18.3 Å². The Morgan fingerprint density at radius 2 is 2.08 bits per heavy atom. The van der Waals surface area contributed by atoms with Crippen LogP contribution in [-0.4, -0.2) is 11.5 Å². The summed E-state index contributed by atoms with van der Waals surface area (Å²) in [7, 11) is 0. The Kier molecular flexibility index (Phi) is 2.87. The summed E-state index contributed by atoms with van der Waals surface area (Å²) < 4.78 is 36.4. The van der Waals surface area contributed by atoms with Gasteiger partial charge in [-0.15, -0.1) is 0 Å². The van der Waals surface area contributed by atoms with Gasteiger partial charge >= 0.3 is 6.18 Å². The summed E-state index contributed by atoms with van der Waals surface area (Å²) >= 11 is 0. The third-order valence-electron chi connectivity index (χ3n) is 1.54. The molecular weight excluding hydrogens is 181 g/mol. The van der Waals surface area contributed by atoms with Gasteiger partial charge in [-0.25, -0.2) is 0 Å². The van der Waals surface area contributed by atoms with Crippen LogP contribution in [0, 0.1) is 0 Å². The number of aromatic nitrogens is 1. The molecule has 5 heteroatoms. The zero-order valence-corrected chi connectivity index (χ0v) is 6.80. The smallest absolute Gasteiger partial charge is 0.330 e. The maximum Gasteiger partial charge on any atom is 0.416 e. The molecule has 0 saturated carbocycles. The quantitative estimate of drug-likeness (QED) is 0.769. The zero-order valence-electron chi connectivity index (χ0n) is 6.80. The first-order valence-corrected chi connectivity index (χ1v) is 3.76. The van der Waals surface area contributed by atoms with Crippen molar-refractivity contribution in [3.05, 3.63) is 29.6 Å². The number of rotatable bonds is 2. The number of nitrogens with zero attached hydrogens (tertiary/aromatic N) is 1. The number of halogens is 3. The van der Waals surface area contributed by atoms with Crippen molar-refractivity contribution in [2.24, 2.45) is 5.73 Å². The molecule has 0 aromatic carbocycles. The van der Waals surface area contributed by atoms with Gasteiger partial charge in [-0.2, -0.15) is 13.2 Å². The maximum atomic E-state index is 12.1. The maximum absolute atomic E-state index is 12.1. The van der Waals surface area contributed by atoms with E-state index in [-0.39, 0.29) is 0 Å². The average Bonchev–Trinajstić information content (AvgIpc) is 2.04. The molecule has 0 saturated heterocycles. The molecule has 2 nitrogen and oxygen atoms in total. The first-order valence-electron chi connectivity index (χ1n) is 3.76. The fraction of sp³-hybridized carbons (Fsp3) is 0.375. The Balaban J connectivity index is 2.92. The standard InChI is InChI=1S/C8H9F3N2/c9-8(10,11)6-2-4-13-7(5-6)1-3-12/h2,4-5H,1,3,12H2. The zero-order chi connectivity index (χ0) is 9.90. The summed E-state index contributed by atoms with van der Waals surface area (Å²) in [5.74, 6) is 0. The average molecular weight is 190 g/mol. The SMILES string of the molecule is NCCc1cc(C(F)(F)F)ccn1. The van der Waals surface area contributed by atoms with Crippen molar-refractivity contribution >= 4 is 0 Å². The van der Waals surface area contributed by atoms with E-state index in [1.165, 1.54) is 0 Å². The molecule has 0 fully saturated rings. The highest BCUT2D eigenvalue weighted by Gasteiger charge is 2.30. The Morgan fingerprint density at radius 1 is 1.38 bits per heavy atom. The minimum absolute atomic E-state index is 0.300. The lowest BCUT2D eigenvalue weighted by Crippen LogP contribution is -2.09. The Hall–Kier alpha value is -1.10. The molecule has 1 rings (SSSR count). The van der Waals surface area contributed by atoms with Crippen molar-refractivity contribution < 1.29 is 13.2 Å². The highest BCUT2D eigenvalue weighted by atomic mass is 19.4. The van der Waals surface area contributed by atoms with Gasteiger partial charge in [0.1, 0.15) is 0 Å². The molecule has 0 atom stereocenters. The van der Waals surface area contributed by atoms with Crippen LogP contribution in [0.5, 0.6) is 0 Å². The molecule has 0 aliphatic heterocycles. The molecule has 1 aromatic heterocycles. The fourth-order valence-corrected chi connectivity index (χ4v) is 0.939. The van der Waals surface area contributed by atoms with E-state index in [2.05, 4.69) is 4.98 Å². The van der Waals surface area contributed by atoms with Crippen molar-refractivity contribution in [1.82, 2.24) is 4.98 Å². The van der Waals surface area contributed by atoms with Crippen LogP contribution in [0.2, 0.25) is 0 Å². The predicted octanol–water partition coefficient (Wildman–Crippen LogP) is 1.60. The van der Waals surface area contributed by atoms with Crippen LogP contribution >= 0.6 is 0 Å². The summed E-state index contributed by atoms with van der Waals surface area (Å²) in [6.45, 7) is 0.300. The van der Waals surface area contributed by atoms with Crippen LogP contribution in [0.3, 0.4) is 0 Å². The van der Waals surface area contributed by atoms with Crippen LogP contribution in [0.15, 0.2) is 18.3 Å². The molecule has 0 radical (unpaired) electrons. The van der Waals surface area contributed by atoms with Gasteiger partial charge in [0.2, 0.25) is 0 Å². The van der Waals surface area contributed by atoms with E-state index in [1.54, 1.807) is 0 Å². The highest BCUT2D eigenvalue weighted by molar-refractivity contribution is 5.19. The molecular formula is C8H9F3N2. The minimum Gasteiger partial charge on any atom is -0.330 e. The molecule has 0 aliphatic rings. The summed E-state index contributed by atoms with van der Waals surface area (Å²) in [6.07, 6.45) is -2.79. The van der Waals surface area contributed by atoms with Gasteiger partial charge in [0.15, 0.2) is 0 Å². The third kappa shape index (κ3) is 2.69. The first-order chi connectivity index (χ1) is 6.04. The molecule has 0 bridgehead atoms. The number of hydrogen-bond donors (Lipinski definition) is 1. The monoisotopic (exact) mass is 190 g/mol. The number of pyridine rings is 1. The lowest BCUT2D eigenvalue weighted by molar-refractivity contribution is -0.137. The first kappa shape index (κ1) is 9.98. The van der Waals surface area contributed by atoms with E-state index in [9.17, 15) is 13.2 Å². The van der Waals surface area contributed by atoms with Crippen molar-refractivity contribution in [3.63, 3.8) is 0 Å². The Labute approximate surface area is 73.6 Å². The molecule has 0 unspecified atom stereocenters. The summed E-state index contributed by atoms with van der Waals surface area (Å²) in [5, 5.41) is 0. The van der Waals surface area contributed by atoms with Gasteiger partial charge in [0.05, 0.1) is 5.56 Å². The Morgan fingerprint density at radius 3 is 2.62 bits per heavy atom. The minimum atomic E-state index is -4.30. The summed E-state index contributed by atoms with van der Waals surface area (Å²) in [4.78, 5) is 3.76. The molecule has 1 aromatic rings. The molecule has 0 spiro atoms. The van der Waals surface area contributed by atoms with Gasteiger partial charge in [-0.3, -0.25) is 4.98 Å². The van der Waals surface area contributed by atoms with Gasteiger partial charge in [-0.05, 0) is 18.7 Å². The lowest BCUT2D eigenvalue weighted by Gasteiger charge is -2.06. The van der Waals surface area contributed by atoms with Crippen molar-refractivity contribution in [3.8, 4) is 0 Å². The topological polar surface area (TPSA) is 38.9 Å². The number of hydrogen-bond acceptors (Lipinski definition) is 2. The van der Waals surface area contributed by atoms with Crippen LogP contribution in [0.25, 0.3) is 0 Å². The van der Waals surface area contributed by atoms with Crippen LogP contribution in [-0.2, 0) is 12.6 Å². The van der Waals surface area contributed by atoms with Crippen LogP contribution < -0.4 is 5.73 Å².